The van der Waals surface area contributed by atoms with E-state index < -0.39 is 0 Å². The maximum absolute atomic E-state index is 5.35. The third kappa shape index (κ3) is 7.73. The predicted octanol–water partition coefficient (Wildman–Crippen LogP) is 4.17. The Kier molecular flexibility index (Phi) is 11.3. The van der Waals surface area contributed by atoms with Gasteiger partial charge < -0.3 is 4.52 Å². The summed E-state index contributed by atoms with van der Waals surface area (Å²) >= 11 is 2.29. The van der Waals surface area contributed by atoms with Crippen LogP contribution in [0.1, 0.15) is 38.5 Å². The van der Waals surface area contributed by atoms with Crippen LogP contribution in [0.4, 0.5) is 0 Å². The average Bonchev–Trinajstić information content (AvgIpc) is 2.23. The normalized spacial score (nSPS) is 18.4. The highest BCUT2D eigenvalue weighted by Crippen LogP contribution is 2.28. The van der Waals surface area contributed by atoms with Gasteiger partial charge >= 0.3 is 0 Å². The zero-order valence-electron chi connectivity index (χ0n) is 7.97. The van der Waals surface area contributed by atoms with E-state index in [0.717, 1.165) is 12.5 Å². The molecule has 0 heterocycles. The summed E-state index contributed by atoms with van der Waals surface area (Å²) < 4.78 is 5.35. The first-order valence-electron chi connectivity index (χ1n) is 4.74. The minimum Gasteiger partial charge on any atom is -0.352 e. The maximum atomic E-state index is 5.35. The van der Waals surface area contributed by atoms with Crippen LogP contribution < -0.4 is 0 Å². The number of rotatable bonds is 4. The lowest BCUT2D eigenvalue weighted by Gasteiger charge is -2.20. The summed E-state index contributed by atoms with van der Waals surface area (Å²) in [7, 11) is 0. The van der Waals surface area contributed by atoms with Crippen LogP contribution in [0, 0.1) is 18.8 Å². The van der Waals surface area contributed by atoms with E-state index in [0.29, 0.717) is 6.45 Å². The molecule has 0 aromatic heterocycles. The van der Waals surface area contributed by atoms with E-state index in [2.05, 4.69) is 34.9 Å². The van der Waals surface area contributed by atoms with Crippen LogP contribution in [0.3, 0.4) is 0 Å². The van der Waals surface area contributed by atoms with Crippen molar-refractivity contribution in [3.05, 3.63) is 0 Å². The van der Waals surface area contributed by atoms with Crippen molar-refractivity contribution in [2.24, 2.45) is 5.92 Å². The van der Waals surface area contributed by atoms with Gasteiger partial charge in [-0.05, 0) is 34.4 Å². The Labute approximate surface area is 96.7 Å². The van der Waals surface area contributed by atoms with Crippen molar-refractivity contribution in [3.8, 4) is 12.8 Å². The molecule has 1 fully saturated rings. The van der Waals surface area contributed by atoms with E-state index in [4.69, 9.17) is 4.52 Å². The largest absolute Gasteiger partial charge is 0.352 e. The molecular formula is C10H18IOP. The van der Waals surface area contributed by atoms with Gasteiger partial charge in [-0.2, -0.15) is 0 Å². The Bertz CT molecular complexity index is 121. The smallest absolute Gasteiger partial charge is 0.0793 e. The summed E-state index contributed by atoms with van der Waals surface area (Å²) in [6.45, 7) is 1.64. The molecule has 0 aliphatic heterocycles. The first-order valence-corrected chi connectivity index (χ1v) is 8.76. The third-order valence-electron chi connectivity index (χ3n) is 2.41. The molecule has 3 heteroatoms. The Balaban J connectivity index is 0.000000671. The highest BCUT2D eigenvalue weighted by Gasteiger charge is 2.12. The van der Waals surface area contributed by atoms with Crippen LogP contribution in [0.15, 0.2) is 0 Å². The summed E-state index contributed by atoms with van der Waals surface area (Å²) in [5, 5.41) is 0. The summed E-state index contributed by atoms with van der Waals surface area (Å²) in [4.78, 5) is 0. The molecule has 1 aliphatic carbocycles. The third-order valence-corrected chi connectivity index (χ3v) is 3.65. The second kappa shape index (κ2) is 10.8. The molecule has 1 atom stereocenters. The molecule has 0 saturated heterocycles. The molecule has 76 valence electrons. The minimum absolute atomic E-state index is 0.649. The summed E-state index contributed by atoms with van der Waals surface area (Å²) in [5.41, 5.74) is 0. The first-order chi connectivity index (χ1) is 6.43. The van der Waals surface area contributed by atoms with Crippen LogP contribution in [0.5, 0.6) is 0 Å². The zero-order chi connectivity index (χ0) is 9.94. The van der Waals surface area contributed by atoms with Crippen LogP contribution in [-0.4, -0.2) is 6.61 Å². The molecule has 0 bridgehead atoms. The molecule has 13 heavy (non-hydrogen) atoms. The van der Waals surface area contributed by atoms with Crippen molar-refractivity contribution in [1.82, 2.24) is 0 Å². The van der Waals surface area contributed by atoms with Gasteiger partial charge in [0.15, 0.2) is 0 Å². The van der Waals surface area contributed by atoms with Gasteiger partial charge in [0.2, 0.25) is 0 Å². The molecule has 0 spiro atoms. The average molecular weight is 312 g/mol. The highest BCUT2D eigenvalue weighted by atomic mass is 127. The van der Waals surface area contributed by atoms with Gasteiger partial charge in [0.1, 0.15) is 0 Å². The fourth-order valence-corrected chi connectivity index (χ4v) is 2.60. The first kappa shape index (κ1) is 13.7. The SMILES string of the molecule is C#C.IPOCCC1CCCCC1. The number of hydrogen-bond donors (Lipinski definition) is 0. The number of hydrogen-bond acceptors (Lipinski definition) is 1. The van der Waals surface area contributed by atoms with E-state index in [1.54, 1.807) is 0 Å². The van der Waals surface area contributed by atoms with Crippen LogP contribution in [0.2, 0.25) is 0 Å². The Morgan fingerprint density at radius 3 is 2.38 bits per heavy atom. The fourth-order valence-electron chi connectivity index (χ4n) is 1.74. The maximum Gasteiger partial charge on any atom is 0.0793 e. The summed E-state index contributed by atoms with van der Waals surface area (Å²) in [5.74, 6) is 0.983. The number of halogens is 1. The van der Waals surface area contributed by atoms with Gasteiger partial charge in [0, 0.05) is 0 Å². The van der Waals surface area contributed by atoms with E-state index in [1.165, 1.54) is 38.5 Å². The van der Waals surface area contributed by atoms with Gasteiger partial charge in [-0.1, -0.05) is 32.1 Å². The monoisotopic (exact) mass is 312 g/mol. The topological polar surface area (TPSA) is 9.23 Å². The lowest BCUT2D eigenvalue weighted by molar-refractivity contribution is 0.269. The highest BCUT2D eigenvalue weighted by molar-refractivity contribution is 14.2. The molecular weight excluding hydrogens is 294 g/mol. The Morgan fingerprint density at radius 2 is 1.85 bits per heavy atom. The molecule has 1 saturated carbocycles. The van der Waals surface area contributed by atoms with Crippen LogP contribution in [-0.2, 0) is 4.52 Å². The second-order valence-electron chi connectivity index (χ2n) is 3.22. The summed E-state index contributed by atoms with van der Waals surface area (Å²) in [6, 6.07) is 0. The predicted molar refractivity (Wildman–Crippen MR) is 69.4 cm³/mol. The molecule has 0 amide bonds. The second-order valence-corrected chi connectivity index (χ2v) is 4.98. The van der Waals surface area contributed by atoms with Gasteiger partial charge in [-0.3, -0.25) is 0 Å². The van der Waals surface area contributed by atoms with Crippen molar-refractivity contribution in [2.45, 2.75) is 38.5 Å². The zero-order valence-corrected chi connectivity index (χ0v) is 11.1. The van der Waals surface area contributed by atoms with Gasteiger partial charge in [0.25, 0.3) is 0 Å². The van der Waals surface area contributed by atoms with Crippen molar-refractivity contribution in [1.29, 1.82) is 0 Å². The van der Waals surface area contributed by atoms with Crippen molar-refractivity contribution < 1.29 is 4.52 Å². The fraction of sp³-hybridized carbons (Fsp3) is 0.800. The molecule has 1 aliphatic rings. The quantitative estimate of drug-likeness (QED) is 0.328. The molecule has 0 aromatic carbocycles. The van der Waals surface area contributed by atoms with Gasteiger partial charge in [0.05, 0.1) is 13.1 Å². The van der Waals surface area contributed by atoms with Crippen LogP contribution in [0.25, 0.3) is 0 Å². The van der Waals surface area contributed by atoms with E-state index >= 15 is 0 Å². The Morgan fingerprint density at radius 1 is 1.23 bits per heavy atom. The van der Waals surface area contributed by atoms with Crippen molar-refractivity contribution >= 4 is 28.5 Å². The lowest BCUT2D eigenvalue weighted by atomic mass is 9.87. The lowest BCUT2D eigenvalue weighted by Crippen LogP contribution is -2.07. The van der Waals surface area contributed by atoms with E-state index in [9.17, 15) is 0 Å². The molecule has 0 radical (unpaired) electrons. The van der Waals surface area contributed by atoms with Crippen LogP contribution >= 0.6 is 28.5 Å². The standard InChI is InChI=1S/C8H16IOP.C2H2/c9-11-10-7-6-8-4-2-1-3-5-8;1-2/h8,11H,1-7H2;1-2H. The van der Waals surface area contributed by atoms with Gasteiger partial charge in [-0.15, -0.1) is 12.8 Å². The molecule has 0 N–H and O–H groups in total. The van der Waals surface area contributed by atoms with Gasteiger partial charge in [-0.25, -0.2) is 0 Å². The molecule has 1 unspecified atom stereocenters. The van der Waals surface area contributed by atoms with Crippen molar-refractivity contribution in [3.63, 3.8) is 0 Å². The summed E-state index contributed by atoms with van der Waals surface area (Å²) in [6.07, 6.45) is 16.6. The van der Waals surface area contributed by atoms with E-state index in [1.807, 2.05) is 0 Å². The van der Waals surface area contributed by atoms with E-state index in [-0.39, 0.29) is 0 Å². The van der Waals surface area contributed by atoms with Crippen molar-refractivity contribution in [2.75, 3.05) is 6.61 Å². The molecule has 1 rings (SSSR count). The molecule has 1 nitrogen and oxygen atoms in total. The number of terminal acetylenes is 1. The Hall–Kier alpha value is 0.680. The minimum atomic E-state index is 0.649. The molecule has 0 aromatic rings.